The van der Waals surface area contributed by atoms with Crippen LogP contribution >= 0.6 is 11.6 Å². The second-order valence-corrected chi connectivity index (χ2v) is 7.64. The monoisotopic (exact) mass is 406 g/mol. The second-order valence-electron chi connectivity index (χ2n) is 5.64. The highest BCUT2D eigenvalue weighted by Crippen LogP contribution is 2.20. The van der Waals surface area contributed by atoms with Crippen molar-refractivity contribution in [2.45, 2.75) is 17.7 Å². The highest BCUT2D eigenvalue weighted by Gasteiger charge is 2.12. The van der Waals surface area contributed by atoms with Crippen molar-refractivity contribution < 1.29 is 17.7 Å². The summed E-state index contributed by atoms with van der Waals surface area (Å²) in [6.45, 7) is 0. The predicted molar refractivity (Wildman–Crippen MR) is 99.5 cm³/mol. The van der Waals surface area contributed by atoms with Gasteiger partial charge in [-0.1, -0.05) is 28.9 Å². The van der Waals surface area contributed by atoms with Crippen LogP contribution in [0.25, 0.3) is 11.4 Å². The molecule has 0 saturated heterocycles. The standard InChI is InChI=1S/C17H15ClN4O4S/c18-12-3-1-2-11(10-12)17-21-16(26-22-17)9-8-15(23)20-13-4-6-14(7-5-13)27(19,24)25/h1-7,10H,8-9H2,(H,20,23)(H2,19,24,25). The number of aromatic nitrogens is 2. The molecule has 0 aliphatic heterocycles. The summed E-state index contributed by atoms with van der Waals surface area (Å²) >= 11 is 5.94. The Bertz CT molecular complexity index is 1060. The van der Waals surface area contributed by atoms with E-state index in [0.29, 0.717) is 22.4 Å². The van der Waals surface area contributed by atoms with Crippen molar-refractivity contribution >= 4 is 33.2 Å². The third-order valence-electron chi connectivity index (χ3n) is 3.58. The van der Waals surface area contributed by atoms with Crippen LogP contribution in [-0.4, -0.2) is 24.5 Å². The van der Waals surface area contributed by atoms with Crippen LogP contribution in [0.4, 0.5) is 5.69 Å². The molecule has 3 N–H and O–H groups in total. The number of primary sulfonamides is 1. The molecule has 0 saturated carbocycles. The van der Waals surface area contributed by atoms with Crippen LogP contribution in [0.15, 0.2) is 57.9 Å². The largest absolute Gasteiger partial charge is 0.339 e. The van der Waals surface area contributed by atoms with Crippen molar-refractivity contribution in [1.29, 1.82) is 0 Å². The molecule has 0 aliphatic carbocycles. The molecule has 2 aromatic carbocycles. The zero-order valence-corrected chi connectivity index (χ0v) is 15.5. The van der Waals surface area contributed by atoms with Gasteiger partial charge in [0.25, 0.3) is 0 Å². The van der Waals surface area contributed by atoms with E-state index in [2.05, 4.69) is 15.5 Å². The number of sulfonamides is 1. The van der Waals surface area contributed by atoms with Gasteiger partial charge >= 0.3 is 0 Å². The molecule has 3 rings (SSSR count). The minimum Gasteiger partial charge on any atom is -0.339 e. The van der Waals surface area contributed by atoms with Crippen molar-refractivity contribution in [1.82, 2.24) is 10.1 Å². The maximum absolute atomic E-state index is 12.0. The zero-order chi connectivity index (χ0) is 19.4. The second kappa shape index (κ2) is 7.87. The summed E-state index contributed by atoms with van der Waals surface area (Å²) < 4.78 is 27.6. The first-order chi connectivity index (χ1) is 12.8. The summed E-state index contributed by atoms with van der Waals surface area (Å²) in [5.41, 5.74) is 1.18. The highest BCUT2D eigenvalue weighted by molar-refractivity contribution is 7.89. The van der Waals surface area contributed by atoms with Gasteiger partial charge in [-0.05, 0) is 36.4 Å². The van der Waals surface area contributed by atoms with Crippen LogP contribution in [0.1, 0.15) is 12.3 Å². The molecule has 1 heterocycles. The molecule has 0 radical (unpaired) electrons. The van der Waals surface area contributed by atoms with E-state index in [9.17, 15) is 13.2 Å². The van der Waals surface area contributed by atoms with Crippen molar-refractivity contribution in [3.8, 4) is 11.4 Å². The average Bonchev–Trinajstić information content (AvgIpc) is 3.09. The molecular formula is C17H15ClN4O4S. The molecule has 1 aromatic heterocycles. The smallest absolute Gasteiger partial charge is 0.238 e. The van der Waals surface area contributed by atoms with Gasteiger partial charge in [0.15, 0.2) is 0 Å². The maximum Gasteiger partial charge on any atom is 0.238 e. The van der Waals surface area contributed by atoms with Gasteiger partial charge in [0.05, 0.1) is 4.90 Å². The van der Waals surface area contributed by atoms with Gasteiger partial charge < -0.3 is 9.84 Å². The van der Waals surface area contributed by atoms with Gasteiger partial charge in [0, 0.05) is 29.1 Å². The number of halogens is 1. The Morgan fingerprint density at radius 3 is 2.59 bits per heavy atom. The number of anilines is 1. The SMILES string of the molecule is NS(=O)(=O)c1ccc(NC(=O)CCc2nc(-c3cccc(Cl)c3)no2)cc1. The van der Waals surface area contributed by atoms with E-state index in [1.807, 2.05) is 0 Å². The van der Waals surface area contributed by atoms with Gasteiger partial charge in [-0.2, -0.15) is 4.98 Å². The fourth-order valence-corrected chi connectivity index (χ4v) is 2.98. The molecular weight excluding hydrogens is 392 g/mol. The van der Waals surface area contributed by atoms with E-state index in [1.54, 1.807) is 24.3 Å². The highest BCUT2D eigenvalue weighted by atomic mass is 35.5. The number of nitrogens with two attached hydrogens (primary N) is 1. The lowest BCUT2D eigenvalue weighted by Crippen LogP contribution is -2.14. The van der Waals surface area contributed by atoms with Gasteiger partial charge in [-0.15, -0.1) is 0 Å². The normalized spacial score (nSPS) is 11.3. The van der Waals surface area contributed by atoms with Crippen molar-refractivity contribution in [2.24, 2.45) is 5.14 Å². The minimum absolute atomic E-state index is 0.0279. The Morgan fingerprint density at radius 2 is 1.93 bits per heavy atom. The van der Waals surface area contributed by atoms with Crippen LogP contribution in [0, 0.1) is 0 Å². The molecule has 1 amide bonds. The predicted octanol–water partition coefficient (Wildman–Crippen LogP) is 2.61. The number of nitrogens with one attached hydrogen (secondary N) is 1. The van der Waals surface area contributed by atoms with E-state index < -0.39 is 10.0 Å². The summed E-state index contributed by atoms with van der Waals surface area (Å²) in [5.74, 6) is 0.442. The number of amides is 1. The number of rotatable bonds is 6. The number of nitrogens with zero attached hydrogens (tertiary/aromatic N) is 2. The molecule has 0 bridgehead atoms. The van der Waals surface area contributed by atoms with Crippen molar-refractivity contribution in [3.63, 3.8) is 0 Å². The van der Waals surface area contributed by atoms with Crippen molar-refractivity contribution in [3.05, 3.63) is 59.4 Å². The van der Waals surface area contributed by atoms with Crippen LogP contribution in [0.2, 0.25) is 5.02 Å². The molecule has 140 valence electrons. The van der Waals surface area contributed by atoms with Crippen LogP contribution < -0.4 is 10.5 Å². The molecule has 0 aliphatic rings. The third-order valence-corrected chi connectivity index (χ3v) is 4.75. The fourth-order valence-electron chi connectivity index (χ4n) is 2.27. The molecule has 0 spiro atoms. The van der Waals surface area contributed by atoms with E-state index in [4.69, 9.17) is 21.3 Å². The Labute approximate surface area is 160 Å². The maximum atomic E-state index is 12.0. The van der Waals surface area contributed by atoms with Crippen LogP contribution in [0.5, 0.6) is 0 Å². The number of hydrogen-bond donors (Lipinski definition) is 2. The summed E-state index contributed by atoms with van der Waals surface area (Å²) in [6.07, 6.45) is 0.378. The zero-order valence-electron chi connectivity index (χ0n) is 13.9. The number of carbonyl (C=O) groups excluding carboxylic acids is 1. The molecule has 8 nitrogen and oxygen atoms in total. The first-order valence-electron chi connectivity index (χ1n) is 7.82. The van der Waals surface area contributed by atoms with Crippen LogP contribution in [-0.2, 0) is 21.2 Å². The summed E-state index contributed by atoms with van der Waals surface area (Å²) in [6, 6.07) is 12.6. The lowest BCUT2D eigenvalue weighted by Gasteiger charge is -2.05. The van der Waals surface area contributed by atoms with Gasteiger partial charge in [0.1, 0.15) is 0 Å². The summed E-state index contributed by atoms with van der Waals surface area (Å²) in [5, 5.41) is 12.1. The Balaban J connectivity index is 1.57. The lowest BCUT2D eigenvalue weighted by molar-refractivity contribution is -0.116. The molecule has 0 unspecified atom stereocenters. The number of benzene rings is 2. The first-order valence-corrected chi connectivity index (χ1v) is 9.75. The summed E-state index contributed by atoms with van der Waals surface area (Å²) in [7, 11) is -3.77. The molecule has 0 fully saturated rings. The average molecular weight is 407 g/mol. The molecule has 0 atom stereocenters. The molecule has 3 aromatic rings. The Morgan fingerprint density at radius 1 is 1.19 bits per heavy atom. The van der Waals surface area contributed by atoms with E-state index in [0.717, 1.165) is 5.56 Å². The first kappa shape index (κ1) is 19.0. The Hall–Kier alpha value is -2.75. The van der Waals surface area contributed by atoms with Gasteiger partial charge in [-0.25, -0.2) is 13.6 Å². The molecule has 10 heteroatoms. The lowest BCUT2D eigenvalue weighted by atomic mass is 10.2. The molecule has 27 heavy (non-hydrogen) atoms. The summed E-state index contributed by atoms with van der Waals surface area (Å²) in [4.78, 5) is 16.2. The van der Waals surface area contributed by atoms with Gasteiger partial charge in [-0.3, -0.25) is 4.79 Å². The third kappa shape index (κ3) is 5.13. The fraction of sp³-hybridized carbons (Fsp3) is 0.118. The minimum atomic E-state index is -3.77. The number of aryl methyl sites for hydroxylation is 1. The number of carbonyl (C=O) groups is 1. The number of hydrogen-bond acceptors (Lipinski definition) is 6. The topological polar surface area (TPSA) is 128 Å². The quantitative estimate of drug-likeness (QED) is 0.647. The van der Waals surface area contributed by atoms with E-state index in [1.165, 1.54) is 24.3 Å². The van der Waals surface area contributed by atoms with Crippen molar-refractivity contribution in [2.75, 3.05) is 5.32 Å². The van der Waals surface area contributed by atoms with Gasteiger partial charge in [0.2, 0.25) is 27.6 Å². The van der Waals surface area contributed by atoms with E-state index >= 15 is 0 Å². The van der Waals surface area contributed by atoms with Crippen LogP contribution in [0.3, 0.4) is 0 Å². The Kier molecular flexibility index (Phi) is 5.54. The van der Waals surface area contributed by atoms with E-state index in [-0.39, 0.29) is 23.6 Å².